The molecule has 2 N–H and O–H groups in total. The van der Waals surface area contributed by atoms with Gasteiger partial charge >= 0.3 is 0 Å². The minimum absolute atomic E-state index is 0.0710. The molecule has 0 radical (unpaired) electrons. The molecule has 1 rings (SSSR count). The molecule has 96 valence electrons. The van der Waals surface area contributed by atoms with Crippen LogP contribution in [-0.2, 0) is 4.74 Å². The van der Waals surface area contributed by atoms with Crippen LogP contribution < -0.4 is 5.32 Å². The van der Waals surface area contributed by atoms with Crippen molar-refractivity contribution in [2.75, 3.05) is 19.8 Å². The van der Waals surface area contributed by atoms with Crippen LogP contribution >= 0.6 is 0 Å². The van der Waals surface area contributed by atoms with Gasteiger partial charge in [0.2, 0.25) is 0 Å². The van der Waals surface area contributed by atoms with E-state index in [9.17, 15) is 5.11 Å². The zero-order valence-electron chi connectivity index (χ0n) is 11.0. The van der Waals surface area contributed by atoms with Crippen molar-refractivity contribution in [3.05, 3.63) is 0 Å². The summed E-state index contributed by atoms with van der Waals surface area (Å²) in [7, 11) is 0. The van der Waals surface area contributed by atoms with E-state index in [2.05, 4.69) is 26.1 Å². The van der Waals surface area contributed by atoms with Crippen LogP contribution in [0.5, 0.6) is 0 Å². The van der Waals surface area contributed by atoms with Crippen molar-refractivity contribution in [3.8, 4) is 0 Å². The van der Waals surface area contributed by atoms with Crippen molar-refractivity contribution in [3.63, 3.8) is 0 Å². The van der Waals surface area contributed by atoms with Crippen LogP contribution in [0.15, 0.2) is 0 Å². The zero-order valence-corrected chi connectivity index (χ0v) is 11.0. The number of ether oxygens (including phenoxy) is 1. The molecule has 0 bridgehead atoms. The average Bonchev–Trinajstić information content (AvgIpc) is 2.32. The van der Waals surface area contributed by atoms with Gasteiger partial charge in [0, 0.05) is 31.2 Å². The Morgan fingerprint density at radius 1 is 1.38 bits per heavy atom. The summed E-state index contributed by atoms with van der Waals surface area (Å²) >= 11 is 0. The smallest absolute Gasteiger partial charge is 0.0561 e. The Bertz CT molecular complexity index is 184. The molecule has 1 aliphatic heterocycles. The first kappa shape index (κ1) is 13.9. The van der Waals surface area contributed by atoms with Gasteiger partial charge in [-0.3, -0.25) is 0 Å². The van der Waals surface area contributed by atoms with Gasteiger partial charge in [-0.2, -0.15) is 0 Å². The minimum Gasteiger partial charge on any atom is -0.396 e. The van der Waals surface area contributed by atoms with Crippen molar-refractivity contribution in [2.24, 2.45) is 5.41 Å². The summed E-state index contributed by atoms with van der Waals surface area (Å²) in [4.78, 5) is 0. The Morgan fingerprint density at radius 3 is 2.56 bits per heavy atom. The SMILES string of the molecule is CCC(CC)(CO)CNC1CCOC(C)C1. The van der Waals surface area contributed by atoms with Crippen molar-refractivity contribution in [1.82, 2.24) is 5.32 Å². The maximum absolute atomic E-state index is 9.49. The Kier molecular flexibility index (Phi) is 5.73. The Hall–Kier alpha value is -0.120. The lowest BCUT2D eigenvalue weighted by atomic mass is 9.83. The van der Waals surface area contributed by atoms with Gasteiger partial charge in [0.05, 0.1) is 6.10 Å². The van der Waals surface area contributed by atoms with Crippen LogP contribution in [0.25, 0.3) is 0 Å². The number of hydrogen-bond donors (Lipinski definition) is 2. The lowest BCUT2D eigenvalue weighted by Crippen LogP contribution is -2.44. The molecule has 1 aliphatic rings. The topological polar surface area (TPSA) is 41.5 Å². The van der Waals surface area contributed by atoms with Crippen molar-refractivity contribution < 1.29 is 9.84 Å². The quantitative estimate of drug-likeness (QED) is 0.731. The molecule has 0 aromatic rings. The molecule has 3 heteroatoms. The van der Waals surface area contributed by atoms with Crippen LogP contribution in [0.1, 0.15) is 46.5 Å². The van der Waals surface area contributed by atoms with Gasteiger partial charge in [-0.25, -0.2) is 0 Å². The number of aliphatic hydroxyl groups excluding tert-OH is 1. The maximum Gasteiger partial charge on any atom is 0.0561 e. The molecule has 1 fully saturated rings. The van der Waals surface area contributed by atoms with Gasteiger partial charge in [0.25, 0.3) is 0 Å². The second-order valence-corrected chi connectivity index (χ2v) is 5.15. The molecule has 2 unspecified atom stereocenters. The summed E-state index contributed by atoms with van der Waals surface area (Å²) in [6.07, 6.45) is 4.63. The van der Waals surface area contributed by atoms with Gasteiger partial charge in [-0.15, -0.1) is 0 Å². The summed E-state index contributed by atoms with van der Waals surface area (Å²) in [5.41, 5.74) is 0.0710. The van der Waals surface area contributed by atoms with Gasteiger partial charge in [0.15, 0.2) is 0 Å². The maximum atomic E-state index is 9.49. The standard InChI is InChI=1S/C13H27NO2/c1-4-13(5-2,10-15)9-14-12-6-7-16-11(3)8-12/h11-12,14-15H,4-10H2,1-3H3. The van der Waals surface area contributed by atoms with Gasteiger partial charge in [-0.05, 0) is 32.6 Å². The van der Waals surface area contributed by atoms with Crippen LogP contribution in [0, 0.1) is 5.41 Å². The molecule has 0 aliphatic carbocycles. The Labute approximate surface area is 99.6 Å². The third kappa shape index (κ3) is 3.72. The van der Waals surface area contributed by atoms with Crippen molar-refractivity contribution in [2.45, 2.75) is 58.6 Å². The van der Waals surface area contributed by atoms with Gasteiger partial charge in [-0.1, -0.05) is 13.8 Å². The highest BCUT2D eigenvalue weighted by Gasteiger charge is 2.27. The summed E-state index contributed by atoms with van der Waals surface area (Å²) in [5.74, 6) is 0. The van der Waals surface area contributed by atoms with E-state index >= 15 is 0 Å². The van der Waals surface area contributed by atoms with E-state index in [1.807, 2.05) is 0 Å². The minimum atomic E-state index is 0.0710. The Balaban J connectivity index is 2.36. The predicted molar refractivity (Wildman–Crippen MR) is 66.5 cm³/mol. The molecule has 1 saturated heterocycles. The number of hydrogen-bond acceptors (Lipinski definition) is 3. The molecule has 16 heavy (non-hydrogen) atoms. The van der Waals surface area contributed by atoms with Crippen LogP contribution in [0.4, 0.5) is 0 Å². The predicted octanol–water partition coefficient (Wildman–Crippen LogP) is 1.94. The summed E-state index contributed by atoms with van der Waals surface area (Å²) in [6.45, 7) is 8.53. The van der Waals surface area contributed by atoms with Gasteiger partial charge < -0.3 is 15.2 Å². The fourth-order valence-corrected chi connectivity index (χ4v) is 2.32. The van der Waals surface area contributed by atoms with Crippen LogP contribution in [0.3, 0.4) is 0 Å². The number of rotatable bonds is 6. The molecule has 0 aromatic heterocycles. The second-order valence-electron chi connectivity index (χ2n) is 5.15. The van der Waals surface area contributed by atoms with E-state index in [1.54, 1.807) is 0 Å². The average molecular weight is 229 g/mol. The molecule has 2 atom stereocenters. The third-order valence-electron chi connectivity index (χ3n) is 4.09. The molecule has 0 aromatic carbocycles. The van der Waals surface area contributed by atoms with Crippen molar-refractivity contribution in [1.29, 1.82) is 0 Å². The summed E-state index contributed by atoms with van der Waals surface area (Å²) in [6, 6.07) is 0.563. The lowest BCUT2D eigenvalue weighted by Gasteiger charge is -2.34. The molecule has 1 heterocycles. The molecular weight excluding hydrogens is 202 g/mol. The van der Waals surface area contributed by atoms with Crippen LogP contribution in [0.2, 0.25) is 0 Å². The first-order valence-electron chi connectivity index (χ1n) is 6.61. The highest BCUT2D eigenvalue weighted by Crippen LogP contribution is 2.25. The fraction of sp³-hybridized carbons (Fsp3) is 1.00. The van der Waals surface area contributed by atoms with E-state index < -0.39 is 0 Å². The zero-order chi connectivity index (χ0) is 12.0. The largest absolute Gasteiger partial charge is 0.396 e. The summed E-state index contributed by atoms with van der Waals surface area (Å²) in [5, 5.41) is 13.1. The summed E-state index contributed by atoms with van der Waals surface area (Å²) < 4.78 is 5.53. The van der Waals surface area contributed by atoms with E-state index in [4.69, 9.17) is 4.74 Å². The fourth-order valence-electron chi connectivity index (χ4n) is 2.32. The first-order chi connectivity index (χ1) is 7.65. The molecular formula is C13H27NO2. The Morgan fingerprint density at radius 2 is 2.06 bits per heavy atom. The number of nitrogens with one attached hydrogen (secondary N) is 1. The molecule has 3 nitrogen and oxygen atoms in total. The molecule has 0 saturated carbocycles. The molecule has 0 spiro atoms. The van der Waals surface area contributed by atoms with Crippen LogP contribution in [-0.4, -0.2) is 37.0 Å². The highest BCUT2D eigenvalue weighted by atomic mass is 16.5. The van der Waals surface area contributed by atoms with E-state index in [0.717, 1.165) is 38.8 Å². The third-order valence-corrected chi connectivity index (χ3v) is 4.09. The van der Waals surface area contributed by atoms with E-state index in [-0.39, 0.29) is 12.0 Å². The van der Waals surface area contributed by atoms with E-state index in [0.29, 0.717) is 12.1 Å². The normalized spacial score (nSPS) is 27.0. The first-order valence-corrected chi connectivity index (χ1v) is 6.61. The second kappa shape index (κ2) is 6.58. The number of aliphatic hydroxyl groups is 1. The monoisotopic (exact) mass is 229 g/mol. The van der Waals surface area contributed by atoms with E-state index in [1.165, 1.54) is 0 Å². The highest BCUT2D eigenvalue weighted by molar-refractivity contribution is 4.82. The lowest BCUT2D eigenvalue weighted by molar-refractivity contribution is 0.00890. The van der Waals surface area contributed by atoms with Crippen molar-refractivity contribution >= 4 is 0 Å². The van der Waals surface area contributed by atoms with Gasteiger partial charge in [0.1, 0.15) is 0 Å². The molecule has 0 amide bonds.